The van der Waals surface area contributed by atoms with Crippen molar-refractivity contribution in [3.05, 3.63) is 29.8 Å². The van der Waals surface area contributed by atoms with Crippen LogP contribution in [0.15, 0.2) is 24.3 Å². The third-order valence-electron chi connectivity index (χ3n) is 3.60. The number of nitrogens with one attached hydrogen (secondary N) is 1. The lowest BCUT2D eigenvalue weighted by Gasteiger charge is -2.11. The van der Waals surface area contributed by atoms with Crippen LogP contribution in [0.25, 0.3) is 0 Å². The highest BCUT2D eigenvalue weighted by atomic mass is 16.4. The third-order valence-corrected chi connectivity index (χ3v) is 3.60. The summed E-state index contributed by atoms with van der Waals surface area (Å²) in [6.45, 7) is 1.76. The number of aliphatic carboxylic acids is 1. The van der Waals surface area contributed by atoms with Crippen molar-refractivity contribution in [2.75, 3.05) is 5.32 Å². The smallest absolute Gasteiger partial charge is 0.306 e. The quantitative estimate of drug-likeness (QED) is 0.882. The maximum Gasteiger partial charge on any atom is 0.306 e. The Balaban J connectivity index is 2.17. The van der Waals surface area contributed by atoms with Crippen LogP contribution in [0.4, 0.5) is 5.69 Å². The summed E-state index contributed by atoms with van der Waals surface area (Å²) in [7, 11) is 0. The molecular weight excluding hydrogens is 258 g/mol. The van der Waals surface area contributed by atoms with Crippen molar-refractivity contribution < 1.29 is 19.5 Å². The van der Waals surface area contributed by atoms with Crippen LogP contribution in [0.3, 0.4) is 0 Å². The molecule has 0 heterocycles. The Morgan fingerprint density at radius 1 is 1.40 bits per heavy atom. The van der Waals surface area contributed by atoms with E-state index in [-0.39, 0.29) is 24.0 Å². The summed E-state index contributed by atoms with van der Waals surface area (Å²) in [5.74, 6) is -2.04. The van der Waals surface area contributed by atoms with Gasteiger partial charge in [-0.15, -0.1) is 0 Å². The molecule has 106 valence electrons. The van der Waals surface area contributed by atoms with Gasteiger partial charge in [0.2, 0.25) is 5.91 Å². The van der Waals surface area contributed by atoms with E-state index in [1.54, 1.807) is 31.2 Å². The first-order chi connectivity index (χ1) is 9.51. The number of carbonyl (C=O) groups is 3. The molecule has 0 saturated heterocycles. The second kappa shape index (κ2) is 5.86. The van der Waals surface area contributed by atoms with Gasteiger partial charge in [0.25, 0.3) is 0 Å². The SMILES string of the molecule is CCC(=O)Nc1cccc([C@@H]2C[C@H](C(=O)O)CC2=O)c1. The van der Waals surface area contributed by atoms with Crippen molar-refractivity contribution in [3.8, 4) is 0 Å². The standard InChI is InChI=1S/C15H17NO4/c1-2-14(18)16-11-5-3-4-9(6-11)12-7-10(15(19)20)8-13(12)17/h3-6,10,12H,2,7-8H2,1H3,(H,16,18)(H,19,20)/t10-,12-/m0/s1. The molecule has 1 aromatic rings. The van der Waals surface area contributed by atoms with Gasteiger partial charge in [0.1, 0.15) is 5.78 Å². The average Bonchev–Trinajstić information content (AvgIpc) is 2.81. The van der Waals surface area contributed by atoms with Crippen molar-refractivity contribution in [2.45, 2.75) is 32.1 Å². The van der Waals surface area contributed by atoms with E-state index in [1.807, 2.05) is 0 Å². The normalized spacial score (nSPS) is 21.8. The molecule has 20 heavy (non-hydrogen) atoms. The van der Waals surface area contributed by atoms with Gasteiger partial charge in [-0.05, 0) is 24.1 Å². The van der Waals surface area contributed by atoms with E-state index in [0.29, 0.717) is 18.5 Å². The largest absolute Gasteiger partial charge is 0.481 e. The van der Waals surface area contributed by atoms with Crippen LogP contribution in [0.1, 0.15) is 37.7 Å². The number of hydrogen-bond donors (Lipinski definition) is 2. The number of amides is 1. The molecule has 0 radical (unpaired) electrons. The van der Waals surface area contributed by atoms with E-state index >= 15 is 0 Å². The first kappa shape index (κ1) is 14.2. The fourth-order valence-electron chi connectivity index (χ4n) is 2.48. The van der Waals surface area contributed by atoms with Gasteiger partial charge in [-0.3, -0.25) is 14.4 Å². The topological polar surface area (TPSA) is 83.5 Å². The first-order valence-electron chi connectivity index (χ1n) is 6.66. The summed E-state index contributed by atoms with van der Waals surface area (Å²) >= 11 is 0. The molecule has 0 spiro atoms. The third kappa shape index (κ3) is 3.04. The highest BCUT2D eigenvalue weighted by molar-refractivity contribution is 5.94. The van der Waals surface area contributed by atoms with Gasteiger partial charge in [-0.1, -0.05) is 19.1 Å². The molecule has 1 aliphatic carbocycles. The van der Waals surface area contributed by atoms with Gasteiger partial charge in [-0.2, -0.15) is 0 Å². The zero-order chi connectivity index (χ0) is 14.7. The van der Waals surface area contributed by atoms with Crippen LogP contribution >= 0.6 is 0 Å². The molecule has 1 amide bonds. The van der Waals surface area contributed by atoms with E-state index in [0.717, 1.165) is 5.56 Å². The van der Waals surface area contributed by atoms with Gasteiger partial charge < -0.3 is 10.4 Å². The Kier molecular flexibility index (Phi) is 4.17. The molecule has 0 unspecified atom stereocenters. The molecule has 0 bridgehead atoms. The number of carbonyl (C=O) groups excluding carboxylic acids is 2. The molecular formula is C15H17NO4. The molecule has 1 aromatic carbocycles. The fraction of sp³-hybridized carbons (Fsp3) is 0.400. The summed E-state index contributed by atoms with van der Waals surface area (Å²) in [5.41, 5.74) is 1.41. The number of carboxylic acid groups (broad SMARTS) is 1. The van der Waals surface area contributed by atoms with Crippen molar-refractivity contribution in [2.24, 2.45) is 5.92 Å². The lowest BCUT2D eigenvalue weighted by atomic mass is 9.95. The number of hydrogen-bond acceptors (Lipinski definition) is 3. The Morgan fingerprint density at radius 3 is 2.75 bits per heavy atom. The number of anilines is 1. The number of Topliss-reactive ketones (excluding diaryl/α,β-unsaturated/α-hetero) is 1. The Labute approximate surface area is 117 Å². The molecule has 1 fully saturated rings. The zero-order valence-electron chi connectivity index (χ0n) is 11.3. The highest BCUT2D eigenvalue weighted by Crippen LogP contribution is 2.36. The predicted molar refractivity (Wildman–Crippen MR) is 73.5 cm³/mol. The number of carboxylic acids is 1. The molecule has 2 rings (SSSR count). The molecule has 2 N–H and O–H groups in total. The summed E-state index contributed by atoms with van der Waals surface area (Å²) in [6.07, 6.45) is 0.804. The molecule has 1 aliphatic rings. The summed E-state index contributed by atoms with van der Waals surface area (Å²) in [6, 6.07) is 7.07. The van der Waals surface area contributed by atoms with Crippen LogP contribution in [-0.4, -0.2) is 22.8 Å². The van der Waals surface area contributed by atoms with Crippen LogP contribution < -0.4 is 5.32 Å². The summed E-state index contributed by atoms with van der Waals surface area (Å²) in [5, 5.41) is 11.7. The van der Waals surface area contributed by atoms with Gasteiger partial charge in [0.05, 0.1) is 5.92 Å². The molecule has 1 saturated carbocycles. The van der Waals surface area contributed by atoms with Gasteiger partial charge in [0, 0.05) is 24.4 Å². The van der Waals surface area contributed by atoms with Crippen LogP contribution in [0, 0.1) is 5.92 Å². The van der Waals surface area contributed by atoms with E-state index < -0.39 is 11.9 Å². The zero-order valence-corrected chi connectivity index (χ0v) is 11.3. The summed E-state index contributed by atoms with van der Waals surface area (Å²) in [4.78, 5) is 34.3. The second-order valence-electron chi connectivity index (χ2n) is 5.02. The lowest BCUT2D eigenvalue weighted by molar-refractivity contribution is -0.142. The maximum atomic E-state index is 11.9. The molecule has 2 atom stereocenters. The van der Waals surface area contributed by atoms with Crippen LogP contribution in [0.2, 0.25) is 0 Å². The van der Waals surface area contributed by atoms with Gasteiger partial charge in [-0.25, -0.2) is 0 Å². The predicted octanol–water partition coefficient (Wildman–Crippen LogP) is 2.18. The monoisotopic (exact) mass is 275 g/mol. The fourth-order valence-corrected chi connectivity index (χ4v) is 2.48. The Morgan fingerprint density at radius 2 is 2.15 bits per heavy atom. The van der Waals surface area contributed by atoms with Gasteiger partial charge >= 0.3 is 5.97 Å². The lowest BCUT2D eigenvalue weighted by Crippen LogP contribution is -2.11. The van der Waals surface area contributed by atoms with E-state index in [9.17, 15) is 14.4 Å². The molecule has 0 aliphatic heterocycles. The van der Waals surface area contributed by atoms with Crippen LogP contribution in [-0.2, 0) is 14.4 Å². The summed E-state index contributed by atoms with van der Waals surface area (Å²) < 4.78 is 0. The van der Waals surface area contributed by atoms with Crippen molar-refractivity contribution >= 4 is 23.3 Å². The number of benzene rings is 1. The van der Waals surface area contributed by atoms with E-state index in [1.165, 1.54) is 0 Å². The Bertz CT molecular complexity index is 553. The maximum absolute atomic E-state index is 11.9. The Hall–Kier alpha value is -2.17. The average molecular weight is 275 g/mol. The van der Waals surface area contributed by atoms with Crippen molar-refractivity contribution in [3.63, 3.8) is 0 Å². The van der Waals surface area contributed by atoms with Crippen molar-refractivity contribution in [1.82, 2.24) is 0 Å². The van der Waals surface area contributed by atoms with E-state index in [4.69, 9.17) is 5.11 Å². The molecule has 0 aromatic heterocycles. The highest BCUT2D eigenvalue weighted by Gasteiger charge is 2.37. The van der Waals surface area contributed by atoms with Crippen molar-refractivity contribution in [1.29, 1.82) is 0 Å². The minimum absolute atomic E-state index is 0.0450. The minimum atomic E-state index is -0.920. The van der Waals surface area contributed by atoms with Crippen LogP contribution in [0.5, 0.6) is 0 Å². The second-order valence-corrected chi connectivity index (χ2v) is 5.02. The first-order valence-corrected chi connectivity index (χ1v) is 6.66. The number of rotatable bonds is 4. The molecule has 5 heteroatoms. The molecule has 5 nitrogen and oxygen atoms in total. The van der Waals surface area contributed by atoms with Gasteiger partial charge in [0.15, 0.2) is 0 Å². The van der Waals surface area contributed by atoms with E-state index in [2.05, 4.69) is 5.32 Å². The number of ketones is 1. The minimum Gasteiger partial charge on any atom is -0.481 e.